The first kappa shape index (κ1) is 21.2. The number of hydrogen-bond acceptors (Lipinski definition) is 5. The number of carbonyl (C=O) groups excluding carboxylic acids is 2. The average Bonchev–Trinajstić information content (AvgIpc) is 2.76. The number of nitrogens with one attached hydrogen (secondary N) is 1. The third-order valence-electron chi connectivity index (χ3n) is 4.47. The zero-order chi connectivity index (χ0) is 19.9. The van der Waals surface area contributed by atoms with Crippen molar-refractivity contribution >= 4 is 12.1 Å². The van der Waals surface area contributed by atoms with Crippen LogP contribution in [0.4, 0.5) is 4.79 Å². The lowest BCUT2D eigenvalue weighted by atomic mass is 9.96. The number of nitrogens with zero attached hydrogens (tertiary/aromatic N) is 1. The molecule has 2 rings (SSSR count). The van der Waals surface area contributed by atoms with E-state index in [1.54, 1.807) is 6.92 Å². The van der Waals surface area contributed by atoms with Crippen molar-refractivity contribution in [3.05, 3.63) is 35.9 Å². The number of ether oxygens (including phenoxy) is 2. The Bertz CT molecular complexity index is 612. The van der Waals surface area contributed by atoms with E-state index in [0.29, 0.717) is 19.6 Å². The van der Waals surface area contributed by atoms with Crippen LogP contribution in [0.3, 0.4) is 0 Å². The molecule has 1 aromatic carbocycles. The molecule has 0 spiro atoms. The zero-order valence-corrected chi connectivity index (χ0v) is 16.9. The van der Waals surface area contributed by atoms with Gasteiger partial charge in [0.25, 0.3) is 0 Å². The van der Waals surface area contributed by atoms with E-state index in [4.69, 9.17) is 9.47 Å². The molecule has 1 heterocycles. The molecular weight excluding hydrogens is 344 g/mol. The van der Waals surface area contributed by atoms with Gasteiger partial charge in [-0.1, -0.05) is 30.3 Å². The van der Waals surface area contributed by atoms with Gasteiger partial charge in [0.2, 0.25) is 0 Å². The SMILES string of the molecule is CCOC(=O)[C@H]1CCCN(Cc2ccccc2)C[C@H]1NC(=O)OC(C)(C)C. The van der Waals surface area contributed by atoms with Crippen molar-refractivity contribution in [2.75, 3.05) is 19.7 Å². The fourth-order valence-corrected chi connectivity index (χ4v) is 3.35. The Morgan fingerprint density at radius 3 is 2.56 bits per heavy atom. The molecule has 1 fully saturated rings. The highest BCUT2D eigenvalue weighted by atomic mass is 16.6. The third-order valence-corrected chi connectivity index (χ3v) is 4.47. The molecule has 0 saturated carbocycles. The molecule has 0 bridgehead atoms. The van der Waals surface area contributed by atoms with Gasteiger partial charge in [0.05, 0.1) is 18.6 Å². The second-order valence-electron chi connectivity index (χ2n) is 7.97. The number of likely N-dealkylation sites (tertiary alicyclic amines) is 1. The molecule has 1 saturated heterocycles. The van der Waals surface area contributed by atoms with Crippen LogP contribution in [-0.2, 0) is 20.8 Å². The van der Waals surface area contributed by atoms with Gasteiger partial charge >= 0.3 is 12.1 Å². The average molecular weight is 376 g/mol. The van der Waals surface area contributed by atoms with E-state index in [1.807, 2.05) is 39.0 Å². The molecule has 1 N–H and O–H groups in total. The van der Waals surface area contributed by atoms with Gasteiger partial charge < -0.3 is 14.8 Å². The van der Waals surface area contributed by atoms with E-state index in [2.05, 4.69) is 22.3 Å². The highest BCUT2D eigenvalue weighted by Crippen LogP contribution is 2.22. The van der Waals surface area contributed by atoms with Gasteiger partial charge in [0.1, 0.15) is 5.60 Å². The summed E-state index contributed by atoms with van der Waals surface area (Å²) in [5.41, 5.74) is 0.626. The Labute approximate surface area is 162 Å². The first-order valence-electron chi connectivity index (χ1n) is 9.71. The first-order chi connectivity index (χ1) is 12.8. The van der Waals surface area contributed by atoms with Crippen LogP contribution >= 0.6 is 0 Å². The number of carbonyl (C=O) groups is 2. The van der Waals surface area contributed by atoms with Gasteiger partial charge in [0.15, 0.2) is 0 Å². The number of esters is 1. The Kier molecular flexibility index (Phi) is 7.66. The second kappa shape index (κ2) is 9.74. The normalized spacial score (nSPS) is 21.2. The van der Waals surface area contributed by atoms with Gasteiger partial charge in [-0.15, -0.1) is 0 Å². The Balaban J connectivity index is 2.11. The van der Waals surface area contributed by atoms with Gasteiger partial charge in [0, 0.05) is 13.1 Å². The summed E-state index contributed by atoms with van der Waals surface area (Å²) < 4.78 is 10.7. The smallest absolute Gasteiger partial charge is 0.407 e. The molecular formula is C21H32N2O4. The molecule has 1 aliphatic heterocycles. The number of amides is 1. The lowest BCUT2D eigenvalue weighted by Gasteiger charge is -2.29. The van der Waals surface area contributed by atoms with E-state index in [-0.39, 0.29) is 17.9 Å². The van der Waals surface area contributed by atoms with Crippen LogP contribution in [-0.4, -0.2) is 48.3 Å². The highest BCUT2D eigenvalue weighted by molar-refractivity contribution is 5.75. The van der Waals surface area contributed by atoms with Gasteiger partial charge in [-0.3, -0.25) is 9.69 Å². The fraction of sp³-hybridized carbons (Fsp3) is 0.619. The van der Waals surface area contributed by atoms with Crippen molar-refractivity contribution in [1.29, 1.82) is 0 Å². The largest absolute Gasteiger partial charge is 0.466 e. The van der Waals surface area contributed by atoms with Crippen LogP contribution in [0, 0.1) is 5.92 Å². The molecule has 1 aromatic rings. The van der Waals surface area contributed by atoms with E-state index >= 15 is 0 Å². The van der Waals surface area contributed by atoms with Crippen molar-refractivity contribution in [1.82, 2.24) is 10.2 Å². The monoisotopic (exact) mass is 376 g/mol. The summed E-state index contributed by atoms with van der Waals surface area (Å²) >= 11 is 0. The fourth-order valence-electron chi connectivity index (χ4n) is 3.35. The molecule has 0 radical (unpaired) electrons. The van der Waals surface area contributed by atoms with E-state index in [9.17, 15) is 9.59 Å². The molecule has 0 aliphatic carbocycles. The van der Waals surface area contributed by atoms with Gasteiger partial charge in [-0.25, -0.2) is 4.79 Å². The van der Waals surface area contributed by atoms with Crippen molar-refractivity contribution in [3.63, 3.8) is 0 Å². The van der Waals surface area contributed by atoms with Gasteiger partial charge in [-0.2, -0.15) is 0 Å². The lowest BCUT2D eigenvalue weighted by molar-refractivity contribution is -0.149. The van der Waals surface area contributed by atoms with Crippen molar-refractivity contribution in [3.8, 4) is 0 Å². The van der Waals surface area contributed by atoms with E-state index in [1.165, 1.54) is 5.56 Å². The summed E-state index contributed by atoms with van der Waals surface area (Å²) in [6.07, 6.45) is 1.07. The molecule has 6 heteroatoms. The minimum absolute atomic E-state index is 0.250. The molecule has 1 amide bonds. The van der Waals surface area contributed by atoms with Crippen LogP contribution in [0.25, 0.3) is 0 Å². The number of alkyl carbamates (subject to hydrolysis) is 1. The summed E-state index contributed by atoms with van der Waals surface area (Å²) in [6.45, 7) is 9.84. The number of rotatable bonds is 5. The maximum Gasteiger partial charge on any atom is 0.407 e. The quantitative estimate of drug-likeness (QED) is 0.798. The predicted octanol–water partition coefficient (Wildman–Crippen LogP) is 3.36. The van der Waals surface area contributed by atoms with Crippen LogP contribution in [0.2, 0.25) is 0 Å². The minimum atomic E-state index is -0.585. The summed E-state index contributed by atoms with van der Waals surface area (Å²) in [5.74, 6) is -0.613. The maximum atomic E-state index is 12.5. The third kappa shape index (κ3) is 7.21. The molecule has 1 aliphatic rings. The van der Waals surface area contributed by atoms with E-state index < -0.39 is 11.7 Å². The zero-order valence-electron chi connectivity index (χ0n) is 16.9. The number of hydrogen-bond donors (Lipinski definition) is 1. The predicted molar refractivity (Wildman–Crippen MR) is 104 cm³/mol. The molecule has 0 aromatic heterocycles. The standard InChI is InChI=1S/C21H32N2O4/c1-5-26-19(24)17-12-9-13-23(14-16-10-7-6-8-11-16)15-18(17)22-20(25)27-21(2,3)4/h6-8,10-11,17-18H,5,9,12-15H2,1-4H3,(H,22,25)/t17-,18+/m0/s1. The van der Waals surface area contributed by atoms with E-state index in [0.717, 1.165) is 19.5 Å². The molecule has 0 unspecified atom stereocenters. The topological polar surface area (TPSA) is 67.9 Å². The lowest BCUT2D eigenvalue weighted by Crippen LogP contribution is -2.50. The summed E-state index contributed by atoms with van der Waals surface area (Å²) in [4.78, 5) is 27.1. The molecule has 27 heavy (non-hydrogen) atoms. The molecule has 6 nitrogen and oxygen atoms in total. The van der Waals surface area contributed by atoms with Gasteiger partial charge in [-0.05, 0) is 52.6 Å². The van der Waals surface area contributed by atoms with Crippen LogP contribution < -0.4 is 5.32 Å². The van der Waals surface area contributed by atoms with Crippen molar-refractivity contribution in [2.24, 2.45) is 5.92 Å². The summed E-state index contributed by atoms with van der Waals surface area (Å²) in [7, 11) is 0. The molecule has 150 valence electrons. The first-order valence-corrected chi connectivity index (χ1v) is 9.71. The Hall–Kier alpha value is -2.08. The van der Waals surface area contributed by atoms with Crippen LogP contribution in [0.5, 0.6) is 0 Å². The summed E-state index contributed by atoms with van der Waals surface area (Å²) in [6, 6.07) is 9.87. The Morgan fingerprint density at radius 1 is 1.22 bits per heavy atom. The molecule has 2 atom stereocenters. The second-order valence-corrected chi connectivity index (χ2v) is 7.97. The highest BCUT2D eigenvalue weighted by Gasteiger charge is 2.35. The van der Waals surface area contributed by atoms with Crippen molar-refractivity contribution < 1.29 is 19.1 Å². The summed E-state index contributed by atoms with van der Waals surface area (Å²) in [5, 5.41) is 2.92. The van der Waals surface area contributed by atoms with Crippen molar-refractivity contribution in [2.45, 2.75) is 58.7 Å². The Morgan fingerprint density at radius 2 is 1.93 bits per heavy atom. The van der Waals surface area contributed by atoms with Crippen LogP contribution in [0.1, 0.15) is 46.1 Å². The minimum Gasteiger partial charge on any atom is -0.466 e. The number of benzene rings is 1. The maximum absolute atomic E-state index is 12.5. The van der Waals surface area contributed by atoms with Crippen LogP contribution in [0.15, 0.2) is 30.3 Å².